The highest BCUT2D eigenvalue weighted by Gasteiger charge is 2.02. The van der Waals surface area contributed by atoms with Crippen LogP contribution in [0, 0.1) is 0 Å². The second kappa shape index (κ2) is 3.11. The van der Waals surface area contributed by atoms with Crippen LogP contribution in [-0.4, -0.2) is 4.98 Å². The van der Waals surface area contributed by atoms with Crippen LogP contribution in [0.4, 0.5) is 4.39 Å². The number of aromatic nitrogens is 1. The SMILES string of the molecule is C=CC(F)c1ccccn1. The lowest BCUT2D eigenvalue weighted by Crippen LogP contribution is -1.89. The van der Waals surface area contributed by atoms with Gasteiger partial charge in [-0.15, -0.1) is 0 Å². The van der Waals surface area contributed by atoms with Crippen LogP contribution >= 0.6 is 0 Å². The van der Waals surface area contributed by atoms with Gasteiger partial charge in [-0.3, -0.25) is 4.98 Å². The van der Waals surface area contributed by atoms with Gasteiger partial charge in [-0.05, 0) is 12.1 Å². The van der Waals surface area contributed by atoms with E-state index in [1.165, 1.54) is 6.08 Å². The molecule has 1 aromatic rings. The minimum absolute atomic E-state index is 0.414. The second-order valence-electron chi connectivity index (χ2n) is 1.89. The van der Waals surface area contributed by atoms with Crippen molar-refractivity contribution in [3.05, 3.63) is 42.7 Å². The molecule has 1 heterocycles. The molecule has 0 N–H and O–H groups in total. The summed E-state index contributed by atoms with van der Waals surface area (Å²) in [4.78, 5) is 3.80. The number of halogens is 1. The van der Waals surface area contributed by atoms with Crippen LogP contribution in [0.5, 0.6) is 0 Å². The van der Waals surface area contributed by atoms with E-state index in [0.29, 0.717) is 5.69 Å². The Bertz CT molecular complexity index is 208. The van der Waals surface area contributed by atoms with Crippen molar-refractivity contribution in [2.75, 3.05) is 0 Å². The van der Waals surface area contributed by atoms with Crippen LogP contribution in [0.3, 0.4) is 0 Å². The molecule has 1 rings (SSSR count). The number of hydrogen-bond acceptors (Lipinski definition) is 1. The fourth-order valence-corrected chi connectivity index (χ4v) is 0.660. The van der Waals surface area contributed by atoms with Gasteiger partial charge >= 0.3 is 0 Å². The average Bonchev–Trinajstić information content (AvgIpc) is 2.05. The second-order valence-corrected chi connectivity index (χ2v) is 1.89. The Morgan fingerprint density at radius 1 is 1.60 bits per heavy atom. The molecular formula is C8H8FN. The summed E-state index contributed by atoms with van der Waals surface area (Å²) < 4.78 is 12.7. The lowest BCUT2D eigenvalue weighted by atomic mass is 10.2. The standard InChI is InChI=1S/C8H8FN/c1-2-7(9)8-5-3-4-6-10-8/h2-7H,1H2. The molecule has 0 saturated heterocycles. The number of alkyl halides is 1. The third-order valence-corrected chi connectivity index (χ3v) is 1.18. The molecule has 0 aliphatic rings. The summed E-state index contributed by atoms with van der Waals surface area (Å²) in [5.74, 6) is 0. The predicted molar refractivity (Wildman–Crippen MR) is 38.3 cm³/mol. The quantitative estimate of drug-likeness (QED) is 0.570. The van der Waals surface area contributed by atoms with Crippen molar-refractivity contribution in [1.82, 2.24) is 4.98 Å². The molecule has 1 unspecified atom stereocenters. The van der Waals surface area contributed by atoms with Gasteiger partial charge in [0.1, 0.15) is 0 Å². The zero-order valence-corrected chi connectivity index (χ0v) is 5.50. The molecule has 0 radical (unpaired) electrons. The lowest BCUT2D eigenvalue weighted by molar-refractivity contribution is 0.406. The van der Waals surface area contributed by atoms with Gasteiger partial charge in [0, 0.05) is 6.20 Å². The maximum atomic E-state index is 12.7. The fourth-order valence-electron chi connectivity index (χ4n) is 0.660. The van der Waals surface area contributed by atoms with E-state index >= 15 is 0 Å². The van der Waals surface area contributed by atoms with Crippen LogP contribution in [0.25, 0.3) is 0 Å². The Morgan fingerprint density at radius 2 is 2.40 bits per heavy atom. The maximum Gasteiger partial charge on any atom is 0.160 e. The molecule has 1 nitrogen and oxygen atoms in total. The molecule has 0 aromatic carbocycles. The Labute approximate surface area is 59.2 Å². The molecular weight excluding hydrogens is 129 g/mol. The van der Waals surface area contributed by atoms with E-state index in [-0.39, 0.29) is 0 Å². The van der Waals surface area contributed by atoms with Crippen LogP contribution in [0.2, 0.25) is 0 Å². The van der Waals surface area contributed by atoms with Gasteiger partial charge in [0.25, 0.3) is 0 Å². The molecule has 1 aromatic heterocycles. The minimum Gasteiger partial charge on any atom is -0.258 e. The van der Waals surface area contributed by atoms with Crippen LogP contribution in [0.1, 0.15) is 11.9 Å². The third kappa shape index (κ3) is 1.41. The first kappa shape index (κ1) is 6.93. The minimum atomic E-state index is -1.14. The van der Waals surface area contributed by atoms with Crippen molar-refractivity contribution < 1.29 is 4.39 Å². The van der Waals surface area contributed by atoms with E-state index in [9.17, 15) is 4.39 Å². The Hall–Kier alpha value is -1.18. The average molecular weight is 137 g/mol. The molecule has 1 atom stereocenters. The van der Waals surface area contributed by atoms with Gasteiger partial charge in [-0.2, -0.15) is 0 Å². The molecule has 0 bridgehead atoms. The Morgan fingerprint density at radius 3 is 2.90 bits per heavy atom. The van der Waals surface area contributed by atoms with E-state index < -0.39 is 6.17 Å². The van der Waals surface area contributed by atoms with Gasteiger partial charge in [-0.25, -0.2) is 4.39 Å². The van der Waals surface area contributed by atoms with Crippen molar-refractivity contribution >= 4 is 0 Å². The maximum absolute atomic E-state index is 12.7. The number of allylic oxidation sites excluding steroid dienone is 1. The van der Waals surface area contributed by atoms with Gasteiger partial charge < -0.3 is 0 Å². The molecule has 0 aliphatic carbocycles. The largest absolute Gasteiger partial charge is 0.258 e. The van der Waals surface area contributed by atoms with E-state index in [4.69, 9.17) is 0 Å². The van der Waals surface area contributed by atoms with Gasteiger partial charge in [0.2, 0.25) is 0 Å². The third-order valence-electron chi connectivity index (χ3n) is 1.18. The lowest BCUT2D eigenvalue weighted by Gasteiger charge is -1.98. The highest BCUT2D eigenvalue weighted by atomic mass is 19.1. The normalized spacial score (nSPS) is 12.5. The molecule has 2 heteroatoms. The summed E-state index contributed by atoms with van der Waals surface area (Å²) in [6, 6.07) is 5.13. The van der Waals surface area contributed by atoms with E-state index in [1.807, 2.05) is 0 Å². The first-order valence-electron chi connectivity index (χ1n) is 3.02. The molecule has 0 spiro atoms. The number of nitrogens with zero attached hydrogens (tertiary/aromatic N) is 1. The molecule has 0 saturated carbocycles. The highest BCUT2D eigenvalue weighted by molar-refractivity contribution is 5.10. The molecule has 0 aliphatic heterocycles. The number of hydrogen-bond donors (Lipinski definition) is 0. The highest BCUT2D eigenvalue weighted by Crippen LogP contribution is 2.13. The fraction of sp³-hybridized carbons (Fsp3) is 0.125. The molecule has 0 amide bonds. The van der Waals surface area contributed by atoms with Gasteiger partial charge in [0.05, 0.1) is 5.69 Å². The molecule has 52 valence electrons. The van der Waals surface area contributed by atoms with Crippen molar-refractivity contribution in [2.45, 2.75) is 6.17 Å². The van der Waals surface area contributed by atoms with Gasteiger partial charge in [-0.1, -0.05) is 18.7 Å². The summed E-state index contributed by atoms with van der Waals surface area (Å²) in [7, 11) is 0. The Kier molecular flexibility index (Phi) is 2.15. The zero-order chi connectivity index (χ0) is 7.40. The predicted octanol–water partition coefficient (Wildman–Crippen LogP) is 2.28. The van der Waals surface area contributed by atoms with E-state index in [0.717, 1.165) is 0 Å². The van der Waals surface area contributed by atoms with E-state index in [1.54, 1.807) is 24.4 Å². The van der Waals surface area contributed by atoms with Crippen molar-refractivity contribution in [3.63, 3.8) is 0 Å². The number of pyridine rings is 1. The monoisotopic (exact) mass is 137 g/mol. The first-order valence-corrected chi connectivity index (χ1v) is 3.02. The van der Waals surface area contributed by atoms with Crippen LogP contribution < -0.4 is 0 Å². The topological polar surface area (TPSA) is 12.9 Å². The van der Waals surface area contributed by atoms with Crippen molar-refractivity contribution in [2.24, 2.45) is 0 Å². The van der Waals surface area contributed by atoms with Gasteiger partial charge in [0.15, 0.2) is 6.17 Å². The molecule has 10 heavy (non-hydrogen) atoms. The summed E-state index contributed by atoms with van der Waals surface area (Å²) in [6.45, 7) is 3.32. The summed E-state index contributed by atoms with van der Waals surface area (Å²) >= 11 is 0. The zero-order valence-electron chi connectivity index (χ0n) is 5.50. The van der Waals surface area contributed by atoms with Crippen LogP contribution in [0.15, 0.2) is 37.1 Å². The Balaban J connectivity index is 2.84. The van der Waals surface area contributed by atoms with Crippen molar-refractivity contribution in [1.29, 1.82) is 0 Å². The first-order chi connectivity index (χ1) is 4.84. The molecule has 0 fully saturated rings. The smallest absolute Gasteiger partial charge is 0.160 e. The summed E-state index contributed by atoms with van der Waals surface area (Å²) in [5.41, 5.74) is 0.414. The summed E-state index contributed by atoms with van der Waals surface area (Å²) in [6.07, 6.45) is 1.65. The van der Waals surface area contributed by atoms with Crippen molar-refractivity contribution in [3.8, 4) is 0 Å². The van der Waals surface area contributed by atoms with Crippen LogP contribution in [-0.2, 0) is 0 Å². The summed E-state index contributed by atoms with van der Waals surface area (Å²) in [5, 5.41) is 0. The van der Waals surface area contributed by atoms with E-state index in [2.05, 4.69) is 11.6 Å². The number of rotatable bonds is 2.